The molecule has 2 aromatic heterocycles. The van der Waals surface area contributed by atoms with Gasteiger partial charge >= 0.3 is 0 Å². The highest BCUT2D eigenvalue weighted by Crippen LogP contribution is 2.33. The number of hydrogen-bond acceptors (Lipinski definition) is 6. The molecule has 1 amide bonds. The van der Waals surface area contributed by atoms with E-state index in [2.05, 4.69) is 10.3 Å². The number of carbonyl (C=O) groups is 1. The smallest absolute Gasteiger partial charge is 0.262 e. The van der Waals surface area contributed by atoms with Crippen LogP contribution in [0.3, 0.4) is 0 Å². The van der Waals surface area contributed by atoms with Gasteiger partial charge in [-0.3, -0.25) is 14.2 Å². The van der Waals surface area contributed by atoms with Crippen LogP contribution in [-0.2, 0) is 34.0 Å². The standard InChI is InChI=1S/C16H19N3O4S2/c20-13(18-10-5-6-25(22,23)8-10)7-19-9-17-15-14(16(19)21)11-3-1-2-4-12(11)24-15/h9-10H,1-8H2,(H,18,20)/t10-/m1/s1. The molecule has 1 N–H and O–H groups in total. The summed E-state index contributed by atoms with van der Waals surface area (Å²) in [6.07, 6.45) is 5.94. The first-order chi connectivity index (χ1) is 11.9. The molecule has 0 aromatic carbocycles. The molecule has 0 spiro atoms. The molecule has 1 saturated heterocycles. The molecule has 1 aliphatic carbocycles. The fourth-order valence-corrected chi connectivity index (χ4v) is 6.52. The Balaban J connectivity index is 1.56. The number of nitrogens with one attached hydrogen (secondary N) is 1. The van der Waals surface area contributed by atoms with Crippen LogP contribution in [-0.4, -0.2) is 41.4 Å². The summed E-state index contributed by atoms with van der Waals surface area (Å²) in [5.74, 6) is -0.274. The van der Waals surface area contributed by atoms with Crippen molar-refractivity contribution in [2.45, 2.75) is 44.7 Å². The van der Waals surface area contributed by atoms with Gasteiger partial charge in [-0.05, 0) is 37.7 Å². The zero-order valence-corrected chi connectivity index (χ0v) is 15.3. The van der Waals surface area contributed by atoms with Gasteiger partial charge in [0.15, 0.2) is 9.84 Å². The number of hydrogen-bond donors (Lipinski definition) is 1. The summed E-state index contributed by atoms with van der Waals surface area (Å²) in [7, 11) is -3.05. The molecule has 134 valence electrons. The lowest BCUT2D eigenvalue weighted by molar-refractivity contribution is -0.122. The lowest BCUT2D eigenvalue weighted by Gasteiger charge is -2.12. The van der Waals surface area contributed by atoms with Crippen LogP contribution < -0.4 is 10.9 Å². The summed E-state index contributed by atoms with van der Waals surface area (Å²) in [5, 5.41) is 3.36. The van der Waals surface area contributed by atoms with Crippen molar-refractivity contribution in [1.82, 2.24) is 14.9 Å². The number of carbonyl (C=O) groups excluding carboxylic acids is 1. The van der Waals surface area contributed by atoms with Crippen molar-refractivity contribution in [3.8, 4) is 0 Å². The van der Waals surface area contributed by atoms with Crippen LogP contribution in [0, 0.1) is 0 Å². The van der Waals surface area contributed by atoms with Crippen molar-refractivity contribution < 1.29 is 13.2 Å². The van der Waals surface area contributed by atoms with E-state index in [0.717, 1.165) is 36.1 Å². The van der Waals surface area contributed by atoms with E-state index in [0.29, 0.717) is 11.8 Å². The molecule has 0 saturated carbocycles. The molecular weight excluding hydrogens is 362 g/mol. The molecule has 1 atom stereocenters. The van der Waals surface area contributed by atoms with Gasteiger partial charge in [0, 0.05) is 10.9 Å². The molecule has 3 heterocycles. The second-order valence-electron chi connectivity index (χ2n) is 6.74. The molecule has 0 radical (unpaired) electrons. The minimum absolute atomic E-state index is 0.0248. The van der Waals surface area contributed by atoms with Gasteiger partial charge in [-0.25, -0.2) is 13.4 Å². The number of sulfone groups is 1. The molecule has 7 nitrogen and oxygen atoms in total. The number of thiophene rings is 1. The van der Waals surface area contributed by atoms with Crippen LogP contribution in [0.5, 0.6) is 0 Å². The molecule has 25 heavy (non-hydrogen) atoms. The van der Waals surface area contributed by atoms with Gasteiger partial charge in [-0.15, -0.1) is 11.3 Å². The first kappa shape index (κ1) is 16.7. The Bertz CT molecular complexity index is 1010. The number of nitrogens with zero attached hydrogens (tertiary/aromatic N) is 2. The summed E-state index contributed by atoms with van der Waals surface area (Å²) < 4.78 is 24.3. The van der Waals surface area contributed by atoms with E-state index in [1.54, 1.807) is 11.3 Å². The highest BCUT2D eigenvalue weighted by molar-refractivity contribution is 7.91. The van der Waals surface area contributed by atoms with E-state index >= 15 is 0 Å². The van der Waals surface area contributed by atoms with Crippen molar-refractivity contribution >= 4 is 37.3 Å². The normalized spacial score (nSPS) is 22.0. The molecule has 1 fully saturated rings. The third-order valence-electron chi connectivity index (χ3n) is 4.85. The summed E-state index contributed by atoms with van der Waals surface area (Å²) in [6, 6.07) is -0.362. The van der Waals surface area contributed by atoms with Crippen LogP contribution in [0.4, 0.5) is 0 Å². The number of aryl methyl sites for hydroxylation is 2. The van der Waals surface area contributed by atoms with Crippen molar-refractivity contribution in [2.24, 2.45) is 0 Å². The molecular formula is C16H19N3O4S2. The number of amides is 1. The largest absolute Gasteiger partial charge is 0.351 e. The second-order valence-corrected chi connectivity index (χ2v) is 10.0. The maximum atomic E-state index is 12.8. The summed E-state index contributed by atoms with van der Waals surface area (Å²) in [5.41, 5.74) is 0.916. The van der Waals surface area contributed by atoms with Gasteiger partial charge in [0.1, 0.15) is 11.4 Å². The average Bonchev–Trinajstić information content (AvgIpc) is 3.10. The molecule has 2 aliphatic rings. The molecule has 2 aromatic rings. The van der Waals surface area contributed by atoms with Crippen molar-refractivity contribution in [3.63, 3.8) is 0 Å². The van der Waals surface area contributed by atoms with Crippen LogP contribution in [0.15, 0.2) is 11.1 Å². The third kappa shape index (κ3) is 3.22. The van der Waals surface area contributed by atoms with E-state index in [1.165, 1.54) is 15.8 Å². The van der Waals surface area contributed by atoms with Gasteiger partial charge in [0.05, 0.1) is 23.2 Å². The number of fused-ring (bicyclic) bond motifs is 3. The van der Waals surface area contributed by atoms with E-state index < -0.39 is 9.84 Å². The average molecular weight is 381 g/mol. The number of rotatable bonds is 3. The number of aromatic nitrogens is 2. The predicted molar refractivity (Wildman–Crippen MR) is 95.7 cm³/mol. The Morgan fingerprint density at radius 3 is 2.92 bits per heavy atom. The zero-order chi connectivity index (χ0) is 17.6. The van der Waals surface area contributed by atoms with Crippen molar-refractivity contribution in [3.05, 3.63) is 27.1 Å². The van der Waals surface area contributed by atoms with Crippen LogP contribution in [0.2, 0.25) is 0 Å². The lowest BCUT2D eigenvalue weighted by Crippen LogP contribution is -2.39. The van der Waals surface area contributed by atoms with Crippen LogP contribution in [0.25, 0.3) is 10.2 Å². The van der Waals surface area contributed by atoms with E-state index in [-0.39, 0.29) is 35.6 Å². The van der Waals surface area contributed by atoms with E-state index in [1.807, 2.05) is 0 Å². The molecule has 0 bridgehead atoms. The molecule has 4 rings (SSSR count). The minimum atomic E-state index is -3.05. The zero-order valence-electron chi connectivity index (χ0n) is 13.7. The Morgan fingerprint density at radius 2 is 2.16 bits per heavy atom. The van der Waals surface area contributed by atoms with Crippen molar-refractivity contribution in [2.75, 3.05) is 11.5 Å². The highest BCUT2D eigenvalue weighted by Gasteiger charge is 2.29. The Labute approximate surface area is 149 Å². The van der Waals surface area contributed by atoms with Gasteiger partial charge < -0.3 is 5.32 Å². The fraction of sp³-hybridized carbons (Fsp3) is 0.562. The van der Waals surface area contributed by atoms with Gasteiger partial charge in [0.25, 0.3) is 5.56 Å². The Kier molecular flexibility index (Phi) is 4.15. The minimum Gasteiger partial charge on any atom is -0.351 e. The summed E-state index contributed by atoms with van der Waals surface area (Å²) in [6.45, 7) is -0.136. The third-order valence-corrected chi connectivity index (χ3v) is 7.82. The lowest BCUT2D eigenvalue weighted by atomic mass is 9.97. The first-order valence-electron chi connectivity index (χ1n) is 8.42. The van der Waals surface area contributed by atoms with Gasteiger partial charge in [-0.1, -0.05) is 0 Å². The maximum absolute atomic E-state index is 12.8. The predicted octanol–water partition coefficient (Wildman–Crippen LogP) is 0.640. The SMILES string of the molecule is O=C(Cn1cnc2sc3c(c2c1=O)CCCC3)N[C@@H]1CCS(=O)(=O)C1. The first-order valence-corrected chi connectivity index (χ1v) is 11.1. The van der Waals surface area contributed by atoms with Gasteiger partial charge in [-0.2, -0.15) is 0 Å². The molecule has 0 unspecified atom stereocenters. The highest BCUT2D eigenvalue weighted by atomic mass is 32.2. The summed E-state index contributed by atoms with van der Waals surface area (Å²) >= 11 is 1.58. The quantitative estimate of drug-likeness (QED) is 0.841. The topological polar surface area (TPSA) is 98.1 Å². The van der Waals surface area contributed by atoms with Crippen LogP contribution >= 0.6 is 11.3 Å². The second kappa shape index (κ2) is 6.21. The molecule has 9 heteroatoms. The van der Waals surface area contributed by atoms with Crippen molar-refractivity contribution in [1.29, 1.82) is 0 Å². The Hall–Kier alpha value is -1.74. The summed E-state index contributed by atoms with van der Waals surface area (Å²) in [4.78, 5) is 31.3. The fourth-order valence-electron chi connectivity index (χ4n) is 3.63. The Morgan fingerprint density at radius 1 is 1.36 bits per heavy atom. The van der Waals surface area contributed by atoms with E-state index in [4.69, 9.17) is 0 Å². The monoisotopic (exact) mass is 381 g/mol. The van der Waals surface area contributed by atoms with Gasteiger partial charge in [0.2, 0.25) is 5.91 Å². The maximum Gasteiger partial charge on any atom is 0.262 e. The molecule has 1 aliphatic heterocycles. The van der Waals surface area contributed by atoms with Crippen LogP contribution in [0.1, 0.15) is 29.7 Å². The van der Waals surface area contributed by atoms with E-state index in [9.17, 15) is 18.0 Å².